The maximum atomic E-state index is 12.4. The third-order valence-corrected chi connectivity index (χ3v) is 5.99. The Bertz CT molecular complexity index is 792. The molecule has 5 nitrogen and oxygen atoms in total. The van der Waals surface area contributed by atoms with Crippen molar-refractivity contribution in [1.29, 1.82) is 0 Å². The molecule has 1 unspecified atom stereocenters. The van der Waals surface area contributed by atoms with Crippen molar-refractivity contribution in [3.8, 4) is 5.75 Å². The number of carbonyl (C=O) groups excluding carboxylic acids is 2. The Morgan fingerprint density at radius 2 is 2.08 bits per heavy atom. The zero-order chi connectivity index (χ0) is 17.9. The molecule has 0 spiro atoms. The Balaban J connectivity index is 1.18. The smallest absolute Gasteiger partial charge is 0.223 e. The Hall–Kier alpha value is -2.34. The van der Waals surface area contributed by atoms with Crippen molar-refractivity contribution in [3.05, 3.63) is 51.7 Å². The zero-order valence-electron chi connectivity index (χ0n) is 14.6. The van der Waals surface area contributed by atoms with Gasteiger partial charge in [-0.05, 0) is 35.1 Å². The first-order chi connectivity index (χ1) is 12.7. The van der Waals surface area contributed by atoms with E-state index in [4.69, 9.17) is 4.74 Å². The molecular formula is C20H22N2O3S. The van der Waals surface area contributed by atoms with Crippen LogP contribution in [0.15, 0.2) is 35.7 Å². The summed E-state index contributed by atoms with van der Waals surface area (Å²) in [6, 6.07) is 10.0. The van der Waals surface area contributed by atoms with Gasteiger partial charge in [0.25, 0.3) is 0 Å². The van der Waals surface area contributed by atoms with Gasteiger partial charge >= 0.3 is 0 Å². The van der Waals surface area contributed by atoms with Crippen LogP contribution in [0.25, 0.3) is 0 Å². The highest BCUT2D eigenvalue weighted by atomic mass is 32.1. The standard InChI is InChI=1S/C20H22N2O3S/c23-19(21-12-16-11-14-3-1-2-4-17(14)25-16)5-6-20(24)22-9-7-18-15(13-22)8-10-26-18/h1-4,8,10,16H,5-7,9,11-13H2,(H,21,23). The van der Waals surface area contributed by atoms with Crippen molar-refractivity contribution in [1.82, 2.24) is 10.2 Å². The first-order valence-corrected chi connectivity index (χ1v) is 9.91. The molecule has 1 aromatic heterocycles. The molecule has 0 saturated carbocycles. The van der Waals surface area contributed by atoms with Gasteiger partial charge in [0.2, 0.25) is 11.8 Å². The minimum Gasteiger partial charge on any atom is -0.488 e. The fourth-order valence-electron chi connectivity index (χ4n) is 3.52. The lowest BCUT2D eigenvalue weighted by atomic mass is 10.1. The van der Waals surface area contributed by atoms with Crippen LogP contribution in [0, 0.1) is 0 Å². The molecule has 0 bridgehead atoms. The van der Waals surface area contributed by atoms with Gasteiger partial charge in [-0.1, -0.05) is 18.2 Å². The summed E-state index contributed by atoms with van der Waals surface area (Å²) in [4.78, 5) is 27.7. The number of rotatable bonds is 5. The highest BCUT2D eigenvalue weighted by Crippen LogP contribution is 2.28. The second kappa shape index (κ2) is 7.50. The molecule has 0 saturated heterocycles. The first kappa shape index (κ1) is 17.1. The Morgan fingerprint density at radius 1 is 1.19 bits per heavy atom. The van der Waals surface area contributed by atoms with Gasteiger partial charge in [-0.2, -0.15) is 0 Å². The Labute approximate surface area is 157 Å². The third-order valence-electron chi connectivity index (χ3n) is 4.97. The number of hydrogen-bond donors (Lipinski definition) is 1. The third kappa shape index (κ3) is 3.75. The van der Waals surface area contributed by atoms with E-state index in [1.54, 1.807) is 11.3 Å². The first-order valence-electron chi connectivity index (χ1n) is 9.03. The quantitative estimate of drug-likeness (QED) is 0.880. The van der Waals surface area contributed by atoms with E-state index in [1.807, 2.05) is 29.2 Å². The molecule has 6 heteroatoms. The SMILES string of the molecule is O=C(CCC(=O)N1CCc2sccc2C1)NCC1Cc2ccccc2O1. The van der Waals surface area contributed by atoms with Crippen molar-refractivity contribution < 1.29 is 14.3 Å². The average Bonchev–Trinajstić information content (AvgIpc) is 3.29. The molecule has 1 N–H and O–H groups in total. The molecule has 2 aromatic rings. The summed E-state index contributed by atoms with van der Waals surface area (Å²) >= 11 is 1.76. The Kier molecular flexibility index (Phi) is 4.93. The van der Waals surface area contributed by atoms with E-state index in [0.717, 1.165) is 25.1 Å². The molecule has 136 valence electrons. The summed E-state index contributed by atoms with van der Waals surface area (Å²) in [7, 11) is 0. The van der Waals surface area contributed by atoms with Gasteiger partial charge in [-0.25, -0.2) is 0 Å². The maximum absolute atomic E-state index is 12.4. The van der Waals surface area contributed by atoms with Crippen LogP contribution in [-0.4, -0.2) is 35.9 Å². The van der Waals surface area contributed by atoms with Crippen LogP contribution >= 0.6 is 11.3 Å². The largest absolute Gasteiger partial charge is 0.488 e. The molecular weight excluding hydrogens is 348 g/mol. The second-order valence-electron chi connectivity index (χ2n) is 6.79. The van der Waals surface area contributed by atoms with E-state index in [2.05, 4.69) is 16.8 Å². The van der Waals surface area contributed by atoms with E-state index in [0.29, 0.717) is 13.1 Å². The minimum atomic E-state index is -0.0915. The molecule has 1 aromatic carbocycles. The average molecular weight is 370 g/mol. The van der Waals surface area contributed by atoms with E-state index in [9.17, 15) is 9.59 Å². The van der Waals surface area contributed by atoms with Gasteiger partial charge in [-0.15, -0.1) is 11.3 Å². The van der Waals surface area contributed by atoms with Crippen LogP contribution in [0.5, 0.6) is 5.75 Å². The topological polar surface area (TPSA) is 58.6 Å². The highest BCUT2D eigenvalue weighted by Gasteiger charge is 2.24. The lowest BCUT2D eigenvalue weighted by molar-refractivity contribution is -0.134. The van der Waals surface area contributed by atoms with E-state index in [-0.39, 0.29) is 30.8 Å². The number of nitrogens with one attached hydrogen (secondary N) is 1. The van der Waals surface area contributed by atoms with Gasteiger partial charge in [0.15, 0.2) is 0 Å². The van der Waals surface area contributed by atoms with Crippen molar-refractivity contribution in [2.24, 2.45) is 0 Å². The summed E-state index contributed by atoms with van der Waals surface area (Å²) in [6.07, 6.45) is 2.20. The Morgan fingerprint density at radius 3 is 2.96 bits per heavy atom. The van der Waals surface area contributed by atoms with Crippen molar-refractivity contribution >= 4 is 23.2 Å². The van der Waals surface area contributed by atoms with Crippen molar-refractivity contribution in [3.63, 3.8) is 0 Å². The monoisotopic (exact) mass is 370 g/mol. The number of para-hydroxylation sites is 1. The number of amides is 2. The number of thiophene rings is 1. The van der Waals surface area contributed by atoms with Gasteiger partial charge < -0.3 is 15.0 Å². The molecule has 1 atom stereocenters. The molecule has 0 fully saturated rings. The predicted octanol–water partition coefficient (Wildman–Crippen LogP) is 2.53. The molecule has 2 aliphatic heterocycles. The van der Waals surface area contributed by atoms with Crippen molar-refractivity contribution in [2.75, 3.05) is 13.1 Å². The van der Waals surface area contributed by atoms with Crippen molar-refractivity contribution in [2.45, 2.75) is 38.3 Å². The maximum Gasteiger partial charge on any atom is 0.223 e. The molecule has 26 heavy (non-hydrogen) atoms. The van der Waals surface area contributed by atoms with E-state index < -0.39 is 0 Å². The fourth-order valence-corrected chi connectivity index (χ4v) is 4.41. The normalized spacial score (nSPS) is 18.0. The fraction of sp³-hybridized carbons (Fsp3) is 0.400. The molecule has 2 aliphatic rings. The van der Waals surface area contributed by atoms with E-state index >= 15 is 0 Å². The number of hydrogen-bond acceptors (Lipinski definition) is 4. The number of benzene rings is 1. The van der Waals surface area contributed by atoms with Crippen LogP contribution in [0.4, 0.5) is 0 Å². The van der Waals surface area contributed by atoms with Crippen LogP contribution in [0.3, 0.4) is 0 Å². The summed E-state index contributed by atoms with van der Waals surface area (Å²) < 4.78 is 5.81. The lowest BCUT2D eigenvalue weighted by Crippen LogP contribution is -2.37. The molecule has 0 radical (unpaired) electrons. The molecule has 0 aliphatic carbocycles. The molecule has 4 rings (SSSR count). The highest BCUT2D eigenvalue weighted by molar-refractivity contribution is 7.10. The summed E-state index contributed by atoms with van der Waals surface area (Å²) in [5.41, 5.74) is 2.43. The van der Waals surface area contributed by atoms with Crippen LogP contribution < -0.4 is 10.1 Å². The van der Waals surface area contributed by atoms with Gasteiger partial charge in [0.05, 0.1) is 6.54 Å². The summed E-state index contributed by atoms with van der Waals surface area (Å²) in [6.45, 7) is 1.90. The number of ether oxygens (including phenoxy) is 1. The predicted molar refractivity (Wildman–Crippen MR) is 100 cm³/mol. The van der Waals surface area contributed by atoms with Gasteiger partial charge in [0, 0.05) is 37.2 Å². The zero-order valence-corrected chi connectivity index (χ0v) is 15.4. The second-order valence-corrected chi connectivity index (χ2v) is 7.79. The number of nitrogens with zero attached hydrogens (tertiary/aromatic N) is 1. The number of fused-ring (bicyclic) bond motifs is 2. The summed E-state index contributed by atoms with van der Waals surface area (Å²) in [5, 5.41) is 4.98. The lowest BCUT2D eigenvalue weighted by Gasteiger charge is -2.27. The molecule has 2 amide bonds. The molecule has 3 heterocycles. The van der Waals surface area contributed by atoms with E-state index in [1.165, 1.54) is 16.0 Å². The summed E-state index contributed by atoms with van der Waals surface area (Å²) in [5.74, 6) is 0.868. The minimum absolute atomic E-state index is 0.0221. The number of carbonyl (C=O) groups is 2. The van der Waals surface area contributed by atoms with Gasteiger partial charge in [-0.3, -0.25) is 9.59 Å². The van der Waals surface area contributed by atoms with Gasteiger partial charge in [0.1, 0.15) is 11.9 Å². The van der Waals surface area contributed by atoms with Crippen LogP contribution in [-0.2, 0) is 29.0 Å². The van der Waals surface area contributed by atoms with Crippen LogP contribution in [0.1, 0.15) is 28.8 Å². The van der Waals surface area contributed by atoms with Crippen LogP contribution in [0.2, 0.25) is 0 Å².